The number of carbonyl (C=O) groups is 1. The van der Waals surface area contributed by atoms with E-state index in [2.05, 4.69) is 29.7 Å². The molecule has 4 heteroatoms. The summed E-state index contributed by atoms with van der Waals surface area (Å²) in [7, 11) is 0. The highest BCUT2D eigenvalue weighted by Crippen LogP contribution is 2.27. The molecule has 20 heavy (non-hydrogen) atoms. The number of esters is 1. The highest BCUT2D eigenvalue weighted by atomic mass is 35.5. The Kier molecular flexibility index (Phi) is 5.07. The third kappa shape index (κ3) is 3.34. The lowest BCUT2D eigenvalue weighted by atomic mass is 10.1. The number of halogens is 1. The number of hydrogen-bond acceptors (Lipinski definition) is 2. The Labute approximate surface area is 124 Å². The molecule has 0 aliphatic heterocycles. The van der Waals surface area contributed by atoms with Gasteiger partial charge in [0.2, 0.25) is 0 Å². The maximum absolute atomic E-state index is 11.3. The zero-order chi connectivity index (χ0) is 14.5. The normalized spacial score (nSPS) is 10.9. The number of ether oxygens (including phenoxy) is 1. The van der Waals surface area contributed by atoms with Crippen LogP contribution in [0.25, 0.3) is 10.9 Å². The molecule has 0 N–H and O–H groups in total. The second kappa shape index (κ2) is 6.80. The summed E-state index contributed by atoms with van der Waals surface area (Å²) in [6.07, 6.45) is 4.15. The molecule has 0 bridgehead atoms. The second-order valence-electron chi connectivity index (χ2n) is 4.78. The van der Waals surface area contributed by atoms with Crippen LogP contribution in [-0.4, -0.2) is 17.1 Å². The summed E-state index contributed by atoms with van der Waals surface area (Å²) in [5.74, 6) is -0.135. The number of benzene rings is 1. The molecule has 0 amide bonds. The van der Waals surface area contributed by atoms with Crippen LogP contribution < -0.4 is 0 Å². The number of rotatable bonds is 6. The predicted octanol–water partition coefficient (Wildman–Crippen LogP) is 4.20. The number of fused-ring (bicyclic) bond motifs is 1. The fourth-order valence-electron chi connectivity index (χ4n) is 2.32. The largest absolute Gasteiger partial charge is 0.466 e. The van der Waals surface area contributed by atoms with Gasteiger partial charge in [-0.2, -0.15) is 0 Å². The molecule has 108 valence electrons. The van der Waals surface area contributed by atoms with Gasteiger partial charge in [-0.3, -0.25) is 4.79 Å². The van der Waals surface area contributed by atoms with Crippen molar-refractivity contribution in [2.24, 2.45) is 0 Å². The average molecular weight is 294 g/mol. The Balaban J connectivity index is 2.11. The second-order valence-corrected chi connectivity index (χ2v) is 5.19. The van der Waals surface area contributed by atoms with Crippen LogP contribution in [0.1, 0.15) is 32.3 Å². The highest BCUT2D eigenvalue weighted by Gasteiger charge is 2.08. The molecule has 3 nitrogen and oxygen atoms in total. The van der Waals surface area contributed by atoms with Crippen molar-refractivity contribution >= 4 is 28.5 Å². The predicted molar refractivity (Wildman–Crippen MR) is 82.2 cm³/mol. The van der Waals surface area contributed by atoms with Gasteiger partial charge in [0.1, 0.15) is 0 Å². The van der Waals surface area contributed by atoms with Crippen molar-refractivity contribution in [3.05, 3.63) is 35.0 Å². The Morgan fingerprint density at radius 3 is 2.85 bits per heavy atom. The summed E-state index contributed by atoms with van der Waals surface area (Å²) in [6, 6.07) is 6.35. The maximum Gasteiger partial charge on any atom is 0.305 e. The minimum absolute atomic E-state index is 0.135. The highest BCUT2D eigenvalue weighted by molar-refractivity contribution is 6.35. The molecule has 0 unspecified atom stereocenters. The molecular formula is C16H20ClNO2. The summed E-state index contributed by atoms with van der Waals surface area (Å²) in [5.41, 5.74) is 2.43. The fourth-order valence-corrected chi connectivity index (χ4v) is 2.60. The summed E-state index contributed by atoms with van der Waals surface area (Å²) in [6.45, 7) is 5.17. The van der Waals surface area contributed by atoms with E-state index >= 15 is 0 Å². The van der Waals surface area contributed by atoms with Gasteiger partial charge in [-0.05, 0) is 31.4 Å². The molecule has 0 saturated heterocycles. The molecule has 1 aromatic carbocycles. The van der Waals surface area contributed by atoms with E-state index in [4.69, 9.17) is 16.3 Å². The van der Waals surface area contributed by atoms with Crippen molar-refractivity contribution in [1.29, 1.82) is 0 Å². The van der Waals surface area contributed by atoms with Crippen LogP contribution in [0, 0.1) is 0 Å². The molecule has 0 saturated carbocycles. The third-order valence-corrected chi connectivity index (χ3v) is 3.69. The maximum atomic E-state index is 11.3. The van der Waals surface area contributed by atoms with Gasteiger partial charge in [0.15, 0.2) is 0 Å². The number of aromatic nitrogens is 1. The van der Waals surface area contributed by atoms with Gasteiger partial charge in [-0.25, -0.2) is 0 Å². The van der Waals surface area contributed by atoms with Gasteiger partial charge in [-0.1, -0.05) is 30.7 Å². The SMILES string of the molecule is CCOC(=O)CCCn1cc(Cl)c2ccc(CC)cc21. The van der Waals surface area contributed by atoms with Crippen LogP contribution in [0.4, 0.5) is 0 Å². The van der Waals surface area contributed by atoms with Gasteiger partial charge in [0, 0.05) is 30.1 Å². The van der Waals surface area contributed by atoms with Crippen LogP contribution in [0.3, 0.4) is 0 Å². The lowest BCUT2D eigenvalue weighted by Crippen LogP contribution is -2.06. The minimum Gasteiger partial charge on any atom is -0.466 e. The van der Waals surface area contributed by atoms with Crippen molar-refractivity contribution < 1.29 is 9.53 Å². The first kappa shape index (κ1) is 14.9. The Morgan fingerprint density at radius 1 is 1.35 bits per heavy atom. The van der Waals surface area contributed by atoms with E-state index in [9.17, 15) is 4.79 Å². The van der Waals surface area contributed by atoms with Gasteiger partial charge < -0.3 is 9.30 Å². The van der Waals surface area contributed by atoms with Gasteiger partial charge in [0.05, 0.1) is 11.6 Å². The van der Waals surface area contributed by atoms with Crippen molar-refractivity contribution in [2.45, 2.75) is 39.7 Å². The lowest BCUT2D eigenvalue weighted by Gasteiger charge is -2.06. The molecule has 0 fully saturated rings. The standard InChI is InChI=1S/C16H20ClNO2/c1-3-12-7-8-13-14(17)11-18(15(13)10-12)9-5-6-16(19)20-4-2/h7-8,10-11H,3-6,9H2,1-2H3. The number of carbonyl (C=O) groups excluding carboxylic acids is 1. The first-order valence-corrected chi connectivity index (χ1v) is 7.46. The molecular weight excluding hydrogens is 274 g/mol. The summed E-state index contributed by atoms with van der Waals surface area (Å²) in [4.78, 5) is 11.3. The summed E-state index contributed by atoms with van der Waals surface area (Å²) >= 11 is 6.25. The van der Waals surface area contributed by atoms with Crippen molar-refractivity contribution in [1.82, 2.24) is 4.57 Å². The van der Waals surface area contributed by atoms with Crippen molar-refractivity contribution in [2.75, 3.05) is 6.61 Å². The zero-order valence-corrected chi connectivity index (χ0v) is 12.7. The molecule has 1 aromatic heterocycles. The molecule has 2 aromatic rings. The average Bonchev–Trinajstić information content (AvgIpc) is 2.75. The molecule has 1 heterocycles. The number of nitrogens with zero attached hydrogens (tertiary/aromatic N) is 1. The topological polar surface area (TPSA) is 31.2 Å². The molecule has 0 aliphatic carbocycles. The van der Waals surface area contributed by atoms with Crippen LogP contribution >= 0.6 is 11.6 Å². The number of aryl methyl sites for hydroxylation is 2. The monoisotopic (exact) mass is 293 g/mol. The molecule has 0 atom stereocenters. The van der Waals surface area contributed by atoms with Gasteiger partial charge in [0.25, 0.3) is 0 Å². The van der Waals surface area contributed by atoms with Gasteiger partial charge >= 0.3 is 5.97 Å². The van der Waals surface area contributed by atoms with E-state index in [0.29, 0.717) is 13.0 Å². The smallest absolute Gasteiger partial charge is 0.305 e. The van der Waals surface area contributed by atoms with Crippen LogP contribution in [-0.2, 0) is 22.5 Å². The summed E-state index contributed by atoms with van der Waals surface area (Å²) < 4.78 is 7.06. The van der Waals surface area contributed by atoms with E-state index in [1.54, 1.807) is 0 Å². The number of hydrogen-bond donors (Lipinski definition) is 0. The van der Waals surface area contributed by atoms with Crippen molar-refractivity contribution in [3.8, 4) is 0 Å². The minimum atomic E-state index is -0.135. The van der Waals surface area contributed by atoms with Crippen molar-refractivity contribution in [3.63, 3.8) is 0 Å². The van der Waals surface area contributed by atoms with Gasteiger partial charge in [-0.15, -0.1) is 0 Å². The first-order valence-electron chi connectivity index (χ1n) is 7.08. The lowest BCUT2D eigenvalue weighted by molar-refractivity contribution is -0.143. The Hall–Kier alpha value is -1.48. The molecule has 2 rings (SSSR count). The van der Waals surface area contributed by atoms with E-state index in [-0.39, 0.29) is 5.97 Å². The van der Waals surface area contributed by atoms with Crippen LogP contribution in [0.5, 0.6) is 0 Å². The zero-order valence-electron chi connectivity index (χ0n) is 12.0. The van der Waals surface area contributed by atoms with Crippen LogP contribution in [0.2, 0.25) is 5.02 Å². The van der Waals surface area contributed by atoms with Crippen LogP contribution in [0.15, 0.2) is 24.4 Å². The Bertz CT molecular complexity index is 604. The Morgan fingerprint density at radius 2 is 2.15 bits per heavy atom. The summed E-state index contributed by atoms with van der Waals surface area (Å²) in [5, 5.41) is 1.83. The molecule has 0 aliphatic rings. The fraction of sp³-hybridized carbons (Fsp3) is 0.438. The van der Waals surface area contributed by atoms with E-state index in [0.717, 1.165) is 35.3 Å². The van der Waals surface area contributed by atoms with E-state index < -0.39 is 0 Å². The molecule has 0 radical (unpaired) electrons. The van der Waals surface area contributed by atoms with E-state index in [1.165, 1.54) is 5.56 Å². The first-order chi connectivity index (χ1) is 9.65. The quantitative estimate of drug-likeness (QED) is 0.747. The third-order valence-electron chi connectivity index (χ3n) is 3.39. The molecule has 0 spiro atoms. The van der Waals surface area contributed by atoms with E-state index in [1.807, 2.05) is 13.1 Å².